The smallest absolute Gasteiger partial charge is 0.154 e. The van der Waals surface area contributed by atoms with Crippen molar-refractivity contribution in [2.24, 2.45) is 7.05 Å². The molecule has 1 N–H and O–H groups in total. The summed E-state index contributed by atoms with van der Waals surface area (Å²) in [7, 11) is 2.06. The lowest BCUT2D eigenvalue weighted by Gasteiger charge is -2.21. The summed E-state index contributed by atoms with van der Waals surface area (Å²) in [4.78, 5) is 4.84. The Labute approximate surface area is 103 Å². The number of aryl methyl sites for hydroxylation is 1. The third-order valence-electron chi connectivity index (χ3n) is 4.24. The molecule has 0 amide bonds. The number of aromatic nitrogens is 3. The lowest BCUT2D eigenvalue weighted by molar-refractivity contribution is 0.432. The van der Waals surface area contributed by atoms with Crippen molar-refractivity contribution in [2.45, 2.75) is 50.4 Å². The van der Waals surface area contributed by atoms with Gasteiger partial charge in [-0.3, -0.25) is 4.68 Å². The summed E-state index contributed by atoms with van der Waals surface area (Å²) >= 11 is 0. The summed E-state index contributed by atoms with van der Waals surface area (Å²) in [6, 6.07) is 0. The van der Waals surface area contributed by atoms with Crippen molar-refractivity contribution in [3.8, 4) is 0 Å². The van der Waals surface area contributed by atoms with Crippen LogP contribution >= 0.6 is 0 Å². The fraction of sp³-hybridized carbons (Fsp3) is 0.846. The minimum atomic E-state index is 0.615. The summed E-state index contributed by atoms with van der Waals surface area (Å²) in [5, 5.41) is 8.06. The molecule has 0 bridgehead atoms. The molecule has 3 rings (SSSR count). The first kappa shape index (κ1) is 11.2. The maximum atomic E-state index is 4.84. The van der Waals surface area contributed by atoms with Gasteiger partial charge in [0.25, 0.3) is 0 Å². The third-order valence-corrected chi connectivity index (χ3v) is 4.24. The second kappa shape index (κ2) is 4.77. The van der Waals surface area contributed by atoms with E-state index < -0.39 is 0 Å². The minimum Gasteiger partial charge on any atom is -0.317 e. The van der Waals surface area contributed by atoms with Gasteiger partial charge in [0.05, 0.1) is 0 Å². The van der Waals surface area contributed by atoms with Crippen LogP contribution in [0.5, 0.6) is 0 Å². The average Bonchev–Trinajstić information content (AvgIpc) is 2.99. The number of hydrogen-bond acceptors (Lipinski definition) is 3. The molecule has 0 radical (unpaired) electrons. The molecule has 1 aliphatic carbocycles. The number of nitrogens with zero attached hydrogens (tertiary/aromatic N) is 3. The van der Waals surface area contributed by atoms with Crippen molar-refractivity contribution in [2.75, 3.05) is 13.1 Å². The lowest BCUT2D eigenvalue weighted by atomic mass is 9.97. The fourth-order valence-corrected chi connectivity index (χ4v) is 3.21. The first-order valence-corrected chi connectivity index (χ1v) is 6.96. The van der Waals surface area contributed by atoms with Gasteiger partial charge in [-0.25, -0.2) is 4.98 Å². The molecule has 0 unspecified atom stereocenters. The molecule has 4 heteroatoms. The molecule has 1 saturated carbocycles. The van der Waals surface area contributed by atoms with Crippen LogP contribution in [0, 0.1) is 0 Å². The van der Waals surface area contributed by atoms with Crippen LogP contribution in [0.3, 0.4) is 0 Å². The van der Waals surface area contributed by atoms with E-state index in [9.17, 15) is 0 Å². The van der Waals surface area contributed by atoms with Crippen LogP contribution in [0.2, 0.25) is 0 Å². The molecule has 4 nitrogen and oxygen atoms in total. The second-order valence-corrected chi connectivity index (χ2v) is 5.46. The van der Waals surface area contributed by atoms with Crippen LogP contribution in [0.1, 0.15) is 62.0 Å². The molecule has 1 aliphatic heterocycles. The largest absolute Gasteiger partial charge is 0.317 e. The van der Waals surface area contributed by atoms with Gasteiger partial charge < -0.3 is 5.32 Å². The molecular weight excluding hydrogens is 212 g/mol. The highest BCUT2D eigenvalue weighted by Crippen LogP contribution is 2.33. The number of rotatable bonds is 2. The van der Waals surface area contributed by atoms with Crippen molar-refractivity contribution in [3.63, 3.8) is 0 Å². The predicted molar refractivity (Wildman–Crippen MR) is 67.1 cm³/mol. The molecule has 0 aromatic carbocycles. The highest BCUT2D eigenvalue weighted by Gasteiger charge is 2.25. The first-order valence-electron chi connectivity index (χ1n) is 6.96. The Balaban J connectivity index is 1.79. The van der Waals surface area contributed by atoms with Gasteiger partial charge in [-0.2, -0.15) is 5.10 Å². The van der Waals surface area contributed by atoms with Crippen LogP contribution in [-0.4, -0.2) is 27.9 Å². The maximum absolute atomic E-state index is 4.84. The Morgan fingerprint density at radius 2 is 1.76 bits per heavy atom. The first-order chi connectivity index (χ1) is 8.34. The Morgan fingerprint density at radius 3 is 2.47 bits per heavy atom. The fourth-order valence-electron chi connectivity index (χ4n) is 3.21. The lowest BCUT2D eigenvalue weighted by Crippen LogP contribution is -2.28. The average molecular weight is 234 g/mol. The Bertz CT molecular complexity index is 373. The van der Waals surface area contributed by atoms with E-state index in [4.69, 9.17) is 4.98 Å². The van der Waals surface area contributed by atoms with E-state index in [-0.39, 0.29) is 0 Å². The van der Waals surface area contributed by atoms with Gasteiger partial charge in [0, 0.05) is 18.9 Å². The molecular formula is C13H22N4. The van der Waals surface area contributed by atoms with Gasteiger partial charge in [0.15, 0.2) is 5.82 Å². The van der Waals surface area contributed by atoms with Crippen LogP contribution in [0.4, 0.5) is 0 Å². The van der Waals surface area contributed by atoms with Crippen LogP contribution < -0.4 is 5.32 Å². The normalized spacial score (nSPS) is 23.4. The number of nitrogens with one attached hydrogen (secondary N) is 1. The predicted octanol–water partition coefficient (Wildman–Crippen LogP) is 1.94. The molecule has 0 atom stereocenters. The Hall–Kier alpha value is -0.900. The van der Waals surface area contributed by atoms with E-state index in [1.54, 1.807) is 0 Å². The molecule has 17 heavy (non-hydrogen) atoms. The van der Waals surface area contributed by atoms with E-state index in [0.717, 1.165) is 18.9 Å². The van der Waals surface area contributed by atoms with Crippen molar-refractivity contribution in [1.82, 2.24) is 20.1 Å². The quantitative estimate of drug-likeness (QED) is 0.850. The molecule has 1 aromatic rings. The molecule has 94 valence electrons. The van der Waals surface area contributed by atoms with Gasteiger partial charge in [-0.15, -0.1) is 0 Å². The number of piperidine rings is 1. The third kappa shape index (κ3) is 2.23. The zero-order valence-electron chi connectivity index (χ0n) is 10.7. The maximum Gasteiger partial charge on any atom is 0.154 e. The molecule has 2 fully saturated rings. The van der Waals surface area contributed by atoms with Crippen molar-refractivity contribution in [1.29, 1.82) is 0 Å². The zero-order chi connectivity index (χ0) is 11.7. The summed E-state index contributed by atoms with van der Waals surface area (Å²) in [6.45, 7) is 2.24. The molecule has 2 heterocycles. The molecule has 0 spiro atoms. The highest BCUT2D eigenvalue weighted by atomic mass is 15.3. The van der Waals surface area contributed by atoms with E-state index in [1.807, 2.05) is 4.68 Å². The van der Waals surface area contributed by atoms with E-state index >= 15 is 0 Å². The summed E-state index contributed by atoms with van der Waals surface area (Å²) in [5.74, 6) is 3.58. The monoisotopic (exact) mass is 234 g/mol. The second-order valence-electron chi connectivity index (χ2n) is 5.46. The number of hydrogen-bond donors (Lipinski definition) is 1. The summed E-state index contributed by atoms with van der Waals surface area (Å²) in [5.41, 5.74) is 0. The zero-order valence-corrected chi connectivity index (χ0v) is 10.7. The molecule has 1 saturated heterocycles. The summed E-state index contributed by atoms with van der Waals surface area (Å²) in [6.07, 6.45) is 7.69. The van der Waals surface area contributed by atoms with Gasteiger partial charge in [0.1, 0.15) is 5.82 Å². The standard InChI is InChI=1S/C13H22N4/c1-17-13(11-6-8-14-9-7-11)15-12(16-17)10-4-2-3-5-10/h10-11,14H,2-9H2,1H3. The molecule has 1 aromatic heterocycles. The van der Waals surface area contributed by atoms with Gasteiger partial charge in [0.2, 0.25) is 0 Å². The Morgan fingerprint density at radius 1 is 1.06 bits per heavy atom. The van der Waals surface area contributed by atoms with Gasteiger partial charge >= 0.3 is 0 Å². The highest BCUT2D eigenvalue weighted by molar-refractivity contribution is 5.06. The van der Waals surface area contributed by atoms with Crippen LogP contribution in [0.15, 0.2) is 0 Å². The molecule has 2 aliphatic rings. The van der Waals surface area contributed by atoms with Gasteiger partial charge in [-0.1, -0.05) is 12.8 Å². The minimum absolute atomic E-state index is 0.615. The van der Waals surface area contributed by atoms with Gasteiger partial charge in [-0.05, 0) is 38.8 Å². The van der Waals surface area contributed by atoms with Crippen LogP contribution in [0.25, 0.3) is 0 Å². The van der Waals surface area contributed by atoms with Crippen LogP contribution in [-0.2, 0) is 7.05 Å². The SMILES string of the molecule is Cn1nc(C2CCCC2)nc1C1CCNCC1. The van der Waals surface area contributed by atoms with Crippen molar-refractivity contribution < 1.29 is 0 Å². The topological polar surface area (TPSA) is 42.7 Å². The summed E-state index contributed by atoms with van der Waals surface area (Å²) < 4.78 is 2.03. The van der Waals surface area contributed by atoms with E-state index in [2.05, 4.69) is 17.5 Å². The van der Waals surface area contributed by atoms with Crippen molar-refractivity contribution in [3.05, 3.63) is 11.6 Å². The van der Waals surface area contributed by atoms with Crippen molar-refractivity contribution >= 4 is 0 Å². The van der Waals surface area contributed by atoms with E-state index in [1.165, 1.54) is 44.3 Å². The Kier molecular flexibility index (Phi) is 3.14. The van der Waals surface area contributed by atoms with E-state index in [0.29, 0.717) is 11.8 Å².